The predicted molar refractivity (Wildman–Crippen MR) is 85.7 cm³/mol. The molecular formula is C17H31N3. The predicted octanol–water partition coefficient (Wildman–Crippen LogP) is 4.78. The highest BCUT2D eigenvalue weighted by Gasteiger charge is 2.02. The van der Waals surface area contributed by atoms with E-state index in [0.29, 0.717) is 0 Å². The van der Waals surface area contributed by atoms with Crippen LogP contribution in [0.25, 0.3) is 0 Å². The number of allylic oxidation sites excluding steroid dienone is 2. The summed E-state index contributed by atoms with van der Waals surface area (Å²) in [5.41, 5.74) is 2.58. The van der Waals surface area contributed by atoms with E-state index < -0.39 is 0 Å². The molecule has 0 unspecified atom stereocenters. The van der Waals surface area contributed by atoms with Crippen molar-refractivity contribution in [3.63, 3.8) is 0 Å². The van der Waals surface area contributed by atoms with E-state index >= 15 is 0 Å². The second-order valence-electron chi connectivity index (χ2n) is 6.38. The van der Waals surface area contributed by atoms with E-state index in [4.69, 9.17) is 0 Å². The van der Waals surface area contributed by atoms with E-state index in [1.54, 1.807) is 0 Å². The van der Waals surface area contributed by atoms with Gasteiger partial charge in [-0.2, -0.15) is 0 Å². The van der Waals surface area contributed by atoms with Crippen molar-refractivity contribution in [3.8, 4) is 0 Å². The van der Waals surface area contributed by atoms with E-state index in [9.17, 15) is 0 Å². The molecule has 0 saturated carbocycles. The van der Waals surface area contributed by atoms with Crippen LogP contribution in [0.15, 0.2) is 17.8 Å². The highest BCUT2D eigenvalue weighted by molar-refractivity contribution is 5.05. The highest BCUT2D eigenvalue weighted by atomic mass is 15.4. The Bertz CT molecular complexity index is 387. The maximum absolute atomic E-state index is 4.19. The summed E-state index contributed by atoms with van der Waals surface area (Å²) >= 11 is 0. The summed E-state index contributed by atoms with van der Waals surface area (Å²) in [4.78, 5) is 0. The summed E-state index contributed by atoms with van der Waals surface area (Å²) in [6.07, 6.45) is 13.1. The molecule has 0 amide bonds. The van der Waals surface area contributed by atoms with Gasteiger partial charge < -0.3 is 0 Å². The number of unbranched alkanes of at least 4 members (excludes halogenated alkanes) is 4. The first-order valence-corrected chi connectivity index (χ1v) is 8.10. The quantitative estimate of drug-likeness (QED) is 0.455. The van der Waals surface area contributed by atoms with E-state index in [0.717, 1.165) is 18.9 Å². The third-order valence-corrected chi connectivity index (χ3v) is 3.57. The SMILES string of the molecule is CC(C)=CCc1cnnn1CCCCCCCC(C)C. The molecular weight excluding hydrogens is 246 g/mol. The molecule has 0 aliphatic heterocycles. The molecule has 0 radical (unpaired) electrons. The zero-order valence-corrected chi connectivity index (χ0v) is 13.7. The van der Waals surface area contributed by atoms with Gasteiger partial charge in [0.1, 0.15) is 0 Å². The van der Waals surface area contributed by atoms with E-state index in [1.165, 1.54) is 49.8 Å². The molecule has 1 aromatic heterocycles. The molecule has 0 aliphatic carbocycles. The lowest BCUT2D eigenvalue weighted by molar-refractivity contribution is 0.485. The third-order valence-electron chi connectivity index (χ3n) is 3.57. The molecule has 114 valence electrons. The number of rotatable bonds is 10. The highest BCUT2D eigenvalue weighted by Crippen LogP contribution is 2.11. The summed E-state index contributed by atoms with van der Waals surface area (Å²) in [6.45, 7) is 9.88. The molecule has 1 rings (SSSR count). The minimum Gasteiger partial charge on any atom is -0.249 e. The van der Waals surface area contributed by atoms with Crippen molar-refractivity contribution in [1.29, 1.82) is 0 Å². The Morgan fingerprint density at radius 2 is 1.85 bits per heavy atom. The van der Waals surface area contributed by atoms with Gasteiger partial charge in [-0.25, -0.2) is 4.68 Å². The Balaban J connectivity index is 2.16. The Morgan fingerprint density at radius 3 is 2.55 bits per heavy atom. The van der Waals surface area contributed by atoms with Crippen LogP contribution in [0.4, 0.5) is 0 Å². The van der Waals surface area contributed by atoms with Crippen molar-refractivity contribution in [2.45, 2.75) is 79.2 Å². The fourth-order valence-electron chi connectivity index (χ4n) is 2.28. The molecule has 0 N–H and O–H groups in total. The number of aromatic nitrogens is 3. The zero-order chi connectivity index (χ0) is 14.8. The van der Waals surface area contributed by atoms with Crippen LogP contribution in [-0.4, -0.2) is 15.0 Å². The molecule has 1 heterocycles. The second kappa shape index (κ2) is 9.73. The van der Waals surface area contributed by atoms with Crippen molar-refractivity contribution >= 4 is 0 Å². The van der Waals surface area contributed by atoms with Gasteiger partial charge in [-0.3, -0.25) is 0 Å². The van der Waals surface area contributed by atoms with Crippen molar-refractivity contribution in [3.05, 3.63) is 23.5 Å². The average Bonchev–Trinajstić information content (AvgIpc) is 2.82. The lowest BCUT2D eigenvalue weighted by Crippen LogP contribution is -2.05. The van der Waals surface area contributed by atoms with Crippen LogP contribution in [0.5, 0.6) is 0 Å². The minimum atomic E-state index is 0.850. The van der Waals surface area contributed by atoms with Crippen molar-refractivity contribution < 1.29 is 0 Å². The van der Waals surface area contributed by atoms with Crippen LogP contribution < -0.4 is 0 Å². The van der Waals surface area contributed by atoms with Gasteiger partial charge in [0.05, 0.1) is 11.9 Å². The Labute approximate surface area is 124 Å². The minimum absolute atomic E-state index is 0.850. The topological polar surface area (TPSA) is 30.7 Å². The molecule has 0 aromatic carbocycles. The first kappa shape index (κ1) is 16.9. The van der Waals surface area contributed by atoms with Crippen LogP contribution in [0.3, 0.4) is 0 Å². The normalized spacial score (nSPS) is 11.1. The van der Waals surface area contributed by atoms with E-state index in [2.05, 4.69) is 48.8 Å². The molecule has 0 saturated heterocycles. The van der Waals surface area contributed by atoms with Crippen LogP contribution in [0.2, 0.25) is 0 Å². The molecule has 0 spiro atoms. The van der Waals surface area contributed by atoms with Gasteiger partial charge in [-0.1, -0.05) is 62.8 Å². The molecule has 0 aliphatic rings. The second-order valence-corrected chi connectivity index (χ2v) is 6.38. The van der Waals surface area contributed by atoms with Gasteiger partial charge in [0.2, 0.25) is 0 Å². The van der Waals surface area contributed by atoms with Gasteiger partial charge in [-0.15, -0.1) is 5.10 Å². The molecule has 3 nitrogen and oxygen atoms in total. The van der Waals surface area contributed by atoms with Gasteiger partial charge in [-0.05, 0) is 26.2 Å². The number of hydrogen-bond donors (Lipinski definition) is 0. The summed E-state index contributed by atoms with van der Waals surface area (Å²) in [7, 11) is 0. The molecule has 1 aromatic rings. The lowest BCUT2D eigenvalue weighted by Gasteiger charge is -2.06. The number of hydrogen-bond acceptors (Lipinski definition) is 2. The van der Waals surface area contributed by atoms with Crippen LogP contribution in [-0.2, 0) is 13.0 Å². The summed E-state index contributed by atoms with van der Waals surface area (Å²) in [6, 6.07) is 0. The average molecular weight is 277 g/mol. The monoisotopic (exact) mass is 277 g/mol. The molecule has 20 heavy (non-hydrogen) atoms. The number of aryl methyl sites for hydroxylation is 1. The van der Waals surface area contributed by atoms with Crippen molar-refractivity contribution in [1.82, 2.24) is 15.0 Å². The number of nitrogens with zero attached hydrogens (tertiary/aromatic N) is 3. The van der Waals surface area contributed by atoms with Crippen LogP contribution in [0, 0.1) is 5.92 Å². The molecule has 0 fully saturated rings. The fraction of sp³-hybridized carbons (Fsp3) is 0.765. The fourth-order valence-corrected chi connectivity index (χ4v) is 2.28. The molecule has 0 bridgehead atoms. The molecule has 0 atom stereocenters. The van der Waals surface area contributed by atoms with Crippen LogP contribution >= 0.6 is 0 Å². The van der Waals surface area contributed by atoms with Gasteiger partial charge in [0.25, 0.3) is 0 Å². The first-order valence-electron chi connectivity index (χ1n) is 8.10. The van der Waals surface area contributed by atoms with E-state index in [1.807, 2.05) is 6.20 Å². The largest absolute Gasteiger partial charge is 0.249 e. The standard InChI is InChI=1S/C17H31N3/c1-15(2)10-8-6-5-7-9-13-20-17(14-18-19-20)12-11-16(3)4/h11,14-15H,5-10,12-13H2,1-4H3. The van der Waals surface area contributed by atoms with Crippen molar-refractivity contribution in [2.24, 2.45) is 5.92 Å². The van der Waals surface area contributed by atoms with E-state index in [-0.39, 0.29) is 0 Å². The lowest BCUT2D eigenvalue weighted by atomic mass is 10.0. The van der Waals surface area contributed by atoms with Gasteiger partial charge in [0, 0.05) is 13.0 Å². The molecule has 3 heteroatoms. The Morgan fingerprint density at radius 1 is 1.15 bits per heavy atom. The summed E-state index contributed by atoms with van der Waals surface area (Å²) < 4.78 is 2.06. The summed E-state index contributed by atoms with van der Waals surface area (Å²) in [5, 5.41) is 8.22. The summed E-state index contributed by atoms with van der Waals surface area (Å²) in [5.74, 6) is 0.850. The van der Waals surface area contributed by atoms with Crippen LogP contribution in [0.1, 0.15) is 71.9 Å². The maximum atomic E-state index is 4.19. The first-order chi connectivity index (χ1) is 9.59. The zero-order valence-electron chi connectivity index (χ0n) is 13.7. The Hall–Kier alpha value is -1.12. The Kier molecular flexibility index (Phi) is 8.24. The van der Waals surface area contributed by atoms with Crippen molar-refractivity contribution in [2.75, 3.05) is 0 Å². The van der Waals surface area contributed by atoms with Gasteiger partial charge >= 0.3 is 0 Å². The maximum Gasteiger partial charge on any atom is 0.0728 e. The van der Waals surface area contributed by atoms with Gasteiger partial charge in [0.15, 0.2) is 0 Å². The third kappa shape index (κ3) is 7.46. The smallest absolute Gasteiger partial charge is 0.0728 e.